The van der Waals surface area contributed by atoms with E-state index in [-0.39, 0.29) is 12.4 Å². The summed E-state index contributed by atoms with van der Waals surface area (Å²) in [5.74, 6) is -0.687. The Hall–Kier alpha value is -3.91. The first-order valence-corrected chi connectivity index (χ1v) is 9.31. The fourth-order valence-electron chi connectivity index (χ4n) is 3.60. The summed E-state index contributed by atoms with van der Waals surface area (Å²) in [5.41, 5.74) is 4.15. The van der Waals surface area contributed by atoms with Crippen LogP contribution in [0.25, 0.3) is 16.4 Å². The number of carbonyl (C=O) groups is 2. The Bertz CT molecular complexity index is 1310. The van der Waals surface area contributed by atoms with Gasteiger partial charge in [0.1, 0.15) is 0 Å². The van der Waals surface area contributed by atoms with Crippen LogP contribution in [-0.4, -0.2) is 22.8 Å². The molecule has 5 heteroatoms. The average Bonchev–Trinajstić information content (AvgIpc) is 3.13. The summed E-state index contributed by atoms with van der Waals surface area (Å²) in [7, 11) is 0. The number of hydrogen-bond donors (Lipinski definition) is 0. The Morgan fingerprint density at radius 2 is 1.76 bits per heavy atom. The SMILES string of the molecule is CCOC(=O)c1cc(C(=O)c2ccc(C#N)cc2)n2c1cc(C)c1ccccc12. The molecule has 0 fully saturated rings. The molecule has 0 unspecified atom stereocenters. The lowest BCUT2D eigenvalue weighted by molar-refractivity contribution is 0.0529. The van der Waals surface area contributed by atoms with Gasteiger partial charge in [-0.25, -0.2) is 4.79 Å². The first kappa shape index (κ1) is 18.5. The third-order valence-electron chi connectivity index (χ3n) is 4.97. The van der Waals surface area contributed by atoms with Gasteiger partial charge in [0.15, 0.2) is 0 Å². The molecule has 0 bridgehead atoms. The van der Waals surface area contributed by atoms with Crippen LogP contribution >= 0.6 is 0 Å². The van der Waals surface area contributed by atoms with Gasteiger partial charge in [-0.15, -0.1) is 0 Å². The number of esters is 1. The summed E-state index contributed by atoms with van der Waals surface area (Å²) in [6.45, 7) is 3.98. The van der Waals surface area contributed by atoms with Gasteiger partial charge in [-0.2, -0.15) is 5.26 Å². The molecule has 0 atom stereocenters. The van der Waals surface area contributed by atoms with E-state index in [9.17, 15) is 9.59 Å². The van der Waals surface area contributed by atoms with Gasteiger partial charge in [0.25, 0.3) is 0 Å². The summed E-state index contributed by atoms with van der Waals surface area (Å²) in [4.78, 5) is 25.9. The molecule has 0 aliphatic heterocycles. The van der Waals surface area contributed by atoms with E-state index in [4.69, 9.17) is 10.00 Å². The molecule has 0 amide bonds. The van der Waals surface area contributed by atoms with Crippen LogP contribution in [0.5, 0.6) is 0 Å². The van der Waals surface area contributed by atoms with Gasteiger partial charge in [0.05, 0.1) is 40.5 Å². The predicted octanol–water partition coefficient (Wildman–Crippen LogP) is 4.68. The molecular weight excluding hydrogens is 364 g/mol. The van der Waals surface area contributed by atoms with Crippen LogP contribution in [-0.2, 0) is 4.74 Å². The number of para-hydroxylation sites is 1. The fourth-order valence-corrected chi connectivity index (χ4v) is 3.60. The summed E-state index contributed by atoms with van der Waals surface area (Å²) >= 11 is 0. The van der Waals surface area contributed by atoms with E-state index in [2.05, 4.69) is 0 Å². The van der Waals surface area contributed by atoms with Crippen LogP contribution < -0.4 is 0 Å². The van der Waals surface area contributed by atoms with Crippen molar-refractivity contribution in [1.82, 2.24) is 4.40 Å². The maximum Gasteiger partial charge on any atom is 0.340 e. The molecule has 142 valence electrons. The predicted molar refractivity (Wildman–Crippen MR) is 110 cm³/mol. The minimum atomic E-state index is -0.460. The van der Waals surface area contributed by atoms with E-state index >= 15 is 0 Å². The van der Waals surface area contributed by atoms with Crippen molar-refractivity contribution in [2.24, 2.45) is 0 Å². The molecule has 29 heavy (non-hydrogen) atoms. The quantitative estimate of drug-likeness (QED) is 0.379. The number of aryl methyl sites for hydroxylation is 1. The lowest BCUT2D eigenvalue weighted by Gasteiger charge is -2.10. The Kier molecular flexibility index (Phi) is 4.61. The second-order valence-electron chi connectivity index (χ2n) is 6.75. The summed E-state index contributed by atoms with van der Waals surface area (Å²) in [6.07, 6.45) is 0. The van der Waals surface area contributed by atoms with E-state index in [1.807, 2.05) is 47.7 Å². The molecule has 4 rings (SSSR count). The molecule has 2 heterocycles. The second-order valence-corrected chi connectivity index (χ2v) is 6.75. The van der Waals surface area contributed by atoms with Crippen molar-refractivity contribution in [1.29, 1.82) is 5.26 Å². The highest BCUT2D eigenvalue weighted by Gasteiger charge is 2.23. The Balaban J connectivity index is 2.02. The number of nitriles is 1. The first-order valence-electron chi connectivity index (χ1n) is 9.31. The summed E-state index contributed by atoms with van der Waals surface area (Å²) < 4.78 is 7.03. The lowest BCUT2D eigenvalue weighted by atomic mass is 10.1. The Labute approximate surface area is 167 Å². The molecule has 0 aliphatic carbocycles. The minimum absolute atomic E-state index is 0.228. The number of fused-ring (bicyclic) bond motifs is 3. The topological polar surface area (TPSA) is 71.6 Å². The maximum atomic E-state index is 13.3. The number of hydrogen-bond acceptors (Lipinski definition) is 4. The lowest BCUT2D eigenvalue weighted by Crippen LogP contribution is -2.06. The van der Waals surface area contributed by atoms with E-state index in [1.54, 1.807) is 37.3 Å². The number of rotatable bonds is 4. The third kappa shape index (κ3) is 3.05. The molecule has 2 aromatic carbocycles. The zero-order chi connectivity index (χ0) is 20.5. The van der Waals surface area contributed by atoms with Gasteiger partial charge in [-0.3, -0.25) is 4.79 Å². The molecule has 0 saturated carbocycles. The highest BCUT2D eigenvalue weighted by molar-refractivity contribution is 6.12. The second kappa shape index (κ2) is 7.25. The van der Waals surface area contributed by atoms with Gasteiger partial charge in [0.2, 0.25) is 5.78 Å². The molecule has 2 aromatic heterocycles. The average molecular weight is 382 g/mol. The van der Waals surface area contributed by atoms with Crippen LogP contribution in [0.4, 0.5) is 0 Å². The number of pyridine rings is 1. The Morgan fingerprint density at radius 3 is 2.45 bits per heavy atom. The maximum absolute atomic E-state index is 13.3. The molecule has 0 N–H and O–H groups in total. The third-order valence-corrected chi connectivity index (χ3v) is 4.97. The number of nitrogens with zero attached hydrogens (tertiary/aromatic N) is 2. The van der Waals surface area contributed by atoms with E-state index in [0.717, 1.165) is 16.5 Å². The highest BCUT2D eigenvalue weighted by Crippen LogP contribution is 2.28. The molecule has 0 saturated heterocycles. The zero-order valence-electron chi connectivity index (χ0n) is 16.1. The standard InChI is InChI=1S/C24H18N2O3/c1-3-29-24(28)19-13-22(23(27)17-10-8-16(14-25)9-11-17)26-20-7-5-4-6-18(20)15(2)12-21(19)26/h4-13H,3H2,1-2H3. The van der Waals surface area contributed by atoms with Crippen molar-refractivity contribution in [3.05, 3.63) is 88.6 Å². The van der Waals surface area contributed by atoms with Crippen molar-refractivity contribution in [2.75, 3.05) is 6.61 Å². The minimum Gasteiger partial charge on any atom is -0.462 e. The summed E-state index contributed by atoms with van der Waals surface area (Å²) in [6, 6.07) is 19.8. The van der Waals surface area contributed by atoms with Crippen molar-refractivity contribution in [2.45, 2.75) is 13.8 Å². The number of benzene rings is 2. The molecular formula is C24H18N2O3. The van der Waals surface area contributed by atoms with Gasteiger partial charge in [-0.05, 0) is 61.9 Å². The van der Waals surface area contributed by atoms with Crippen LogP contribution in [0.3, 0.4) is 0 Å². The Morgan fingerprint density at radius 1 is 1.03 bits per heavy atom. The molecule has 4 aromatic rings. The van der Waals surface area contributed by atoms with Gasteiger partial charge in [0, 0.05) is 10.9 Å². The van der Waals surface area contributed by atoms with Crippen LogP contribution in [0.2, 0.25) is 0 Å². The summed E-state index contributed by atoms with van der Waals surface area (Å²) in [5, 5.41) is 9.99. The van der Waals surface area contributed by atoms with Crippen LogP contribution in [0.15, 0.2) is 60.7 Å². The molecule has 0 aliphatic rings. The van der Waals surface area contributed by atoms with Crippen molar-refractivity contribution in [3.63, 3.8) is 0 Å². The first-order chi connectivity index (χ1) is 14.0. The molecule has 0 radical (unpaired) electrons. The smallest absolute Gasteiger partial charge is 0.340 e. The largest absolute Gasteiger partial charge is 0.462 e. The van der Waals surface area contributed by atoms with Crippen molar-refractivity contribution in [3.8, 4) is 6.07 Å². The number of ketones is 1. The molecule has 0 spiro atoms. The van der Waals surface area contributed by atoms with Crippen LogP contribution in [0.1, 0.15) is 44.5 Å². The van der Waals surface area contributed by atoms with E-state index in [0.29, 0.717) is 27.9 Å². The van der Waals surface area contributed by atoms with Gasteiger partial charge < -0.3 is 9.14 Å². The normalized spacial score (nSPS) is 10.8. The monoisotopic (exact) mass is 382 g/mol. The van der Waals surface area contributed by atoms with Gasteiger partial charge >= 0.3 is 5.97 Å². The zero-order valence-corrected chi connectivity index (χ0v) is 16.1. The number of aromatic nitrogens is 1. The van der Waals surface area contributed by atoms with Gasteiger partial charge in [-0.1, -0.05) is 18.2 Å². The molecule has 5 nitrogen and oxygen atoms in total. The highest BCUT2D eigenvalue weighted by atomic mass is 16.5. The fraction of sp³-hybridized carbons (Fsp3) is 0.125. The number of carbonyl (C=O) groups excluding carboxylic acids is 2. The van der Waals surface area contributed by atoms with Crippen molar-refractivity contribution >= 4 is 28.2 Å². The van der Waals surface area contributed by atoms with Crippen LogP contribution in [0, 0.1) is 18.3 Å². The van der Waals surface area contributed by atoms with Crippen molar-refractivity contribution < 1.29 is 14.3 Å². The number of ether oxygens (including phenoxy) is 1. The van der Waals surface area contributed by atoms with E-state index < -0.39 is 5.97 Å². The van der Waals surface area contributed by atoms with E-state index in [1.165, 1.54) is 0 Å².